The van der Waals surface area contributed by atoms with E-state index in [1.54, 1.807) is 0 Å². The van der Waals surface area contributed by atoms with Gasteiger partial charge in [0, 0.05) is 4.43 Å². The minimum atomic E-state index is 1.01. The molecular formula is C38H29I. The molecule has 39 heavy (non-hydrogen) atoms. The second kappa shape index (κ2) is 11.4. The van der Waals surface area contributed by atoms with Crippen molar-refractivity contribution in [2.24, 2.45) is 0 Å². The highest BCUT2D eigenvalue weighted by Gasteiger charge is 2.16. The number of hydrogen-bond donors (Lipinski definition) is 0. The van der Waals surface area contributed by atoms with Gasteiger partial charge in [-0.2, -0.15) is 0 Å². The minimum absolute atomic E-state index is 1.01. The van der Waals surface area contributed by atoms with Gasteiger partial charge < -0.3 is 0 Å². The summed E-state index contributed by atoms with van der Waals surface area (Å²) in [5.41, 5.74) is 15.0. The molecule has 0 aliphatic carbocycles. The Hall–Kier alpha value is -3.95. The van der Waals surface area contributed by atoms with Gasteiger partial charge in [0.05, 0.1) is 0 Å². The number of benzene rings is 6. The van der Waals surface area contributed by atoms with Crippen molar-refractivity contribution in [1.82, 2.24) is 0 Å². The van der Waals surface area contributed by atoms with E-state index in [2.05, 4.69) is 175 Å². The van der Waals surface area contributed by atoms with Gasteiger partial charge in [-0.3, -0.25) is 0 Å². The summed E-state index contributed by atoms with van der Waals surface area (Å²) in [6.07, 6.45) is 0. The Bertz CT molecular complexity index is 1680. The first-order valence-electron chi connectivity index (χ1n) is 13.3. The predicted molar refractivity (Wildman–Crippen MR) is 176 cm³/mol. The van der Waals surface area contributed by atoms with Crippen LogP contribution in [-0.2, 0) is 4.43 Å². The van der Waals surface area contributed by atoms with Gasteiger partial charge in [0.25, 0.3) is 0 Å². The molecule has 0 saturated carbocycles. The van der Waals surface area contributed by atoms with Gasteiger partial charge in [-0.15, -0.1) is 0 Å². The Kier molecular flexibility index (Phi) is 7.42. The van der Waals surface area contributed by atoms with Crippen molar-refractivity contribution >= 4 is 22.6 Å². The number of hydrogen-bond acceptors (Lipinski definition) is 0. The van der Waals surface area contributed by atoms with Crippen LogP contribution >= 0.6 is 22.6 Å². The molecule has 0 aromatic heterocycles. The van der Waals surface area contributed by atoms with Gasteiger partial charge in [0.15, 0.2) is 0 Å². The fourth-order valence-corrected chi connectivity index (χ4v) is 5.66. The first kappa shape index (κ1) is 25.3. The van der Waals surface area contributed by atoms with E-state index in [0.29, 0.717) is 0 Å². The maximum atomic E-state index is 2.43. The van der Waals surface area contributed by atoms with E-state index in [1.165, 1.54) is 66.8 Å². The van der Waals surface area contributed by atoms with Crippen LogP contribution in [0, 0.1) is 6.92 Å². The lowest BCUT2D eigenvalue weighted by molar-refractivity contribution is 1.45. The van der Waals surface area contributed by atoms with Gasteiger partial charge in [0.2, 0.25) is 0 Å². The molecule has 0 radical (unpaired) electrons. The average Bonchev–Trinajstić information content (AvgIpc) is 3.02. The lowest BCUT2D eigenvalue weighted by Crippen LogP contribution is -1.93. The smallest absolute Gasteiger partial charge is 0.0247 e. The number of rotatable bonds is 6. The van der Waals surface area contributed by atoms with Crippen molar-refractivity contribution in [1.29, 1.82) is 0 Å². The quantitative estimate of drug-likeness (QED) is 0.130. The van der Waals surface area contributed by atoms with Crippen LogP contribution in [0.3, 0.4) is 0 Å². The van der Waals surface area contributed by atoms with Crippen LogP contribution in [0.1, 0.15) is 11.1 Å². The fraction of sp³-hybridized carbons (Fsp3) is 0.0526. The third-order valence-electron chi connectivity index (χ3n) is 7.33. The summed E-state index contributed by atoms with van der Waals surface area (Å²) in [4.78, 5) is 0. The Labute approximate surface area is 245 Å². The second-order valence-corrected chi connectivity index (χ2v) is 10.7. The molecule has 0 fully saturated rings. The molecule has 0 saturated heterocycles. The summed E-state index contributed by atoms with van der Waals surface area (Å²) < 4.78 is 1.01. The molecule has 0 spiro atoms. The molecule has 0 nitrogen and oxygen atoms in total. The van der Waals surface area contributed by atoms with E-state index in [1.807, 2.05) is 0 Å². The third-order valence-corrected chi connectivity index (χ3v) is 8.21. The SMILES string of the molecule is Cc1ccc(-c2ccc(-c3cc(-c4ccccc4)c(-c4ccc(CI)cc4)cc3-c3ccccc3)cc2)cc1. The van der Waals surface area contributed by atoms with Crippen LogP contribution in [0.5, 0.6) is 0 Å². The highest BCUT2D eigenvalue weighted by atomic mass is 127. The molecule has 0 aliphatic heterocycles. The molecule has 0 amide bonds. The average molecular weight is 613 g/mol. The molecule has 6 rings (SSSR count). The second-order valence-electron chi connectivity index (χ2n) is 9.95. The van der Waals surface area contributed by atoms with E-state index < -0.39 is 0 Å². The normalized spacial score (nSPS) is 10.9. The Morgan fingerprint density at radius 1 is 0.385 bits per heavy atom. The van der Waals surface area contributed by atoms with Crippen LogP contribution in [-0.4, -0.2) is 0 Å². The molecule has 0 aliphatic rings. The first-order chi connectivity index (χ1) is 19.2. The summed E-state index contributed by atoms with van der Waals surface area (Å²) in [6.45, 7) is 2.13. The molecular weight excluding hydrogens is 583 g/mol. The van der Waals surface area contributed by atoms with Crippen LogP contribution in [0.2, 0.25) is 0 Å². The summed E-state index contributed by atoms with van der Waals surface area (Å²) >= 11 is 2.43. The summed E-state index contributed by atoms with van der Waals surface area (Å²) in [7, 11) is 0. The lowest BCUT2D eigenvalue weighted by Gasteiger charge is -2.19. The summed E-state index contributed by atoms with van der Waals surface area (Å²) in [6, 6.07) is 53.1. The van der Waals surface area contributed by atoms with Gasteiger partial charge in [-0.05, 0) is 80.3 Å². The molecule has 0 bridgehead atoms. The zero-order valence-corrected chi connectivity index (χ0v) is 24.1. The van der Waals surface area contributed by atoms with Crippen molar-refractivity contribution in [3.8, 4) is 55.6 Å². The van der Waals surface area contributed by atoms with Crippen molar-refractivity contribution in [2.45, 2.75) is 11.4 Å². The predicted octanol–water partition coefficient (Wildman–Crippen LogP) is 11.3. The standard InChI is InChI=1S/C38H29I/c1-27-12-16-29(17-13-27)30-20-22-34(23-21-30)38-25-35(31-8-4-2-5-9-31)37(33-18-14-28(26-39)15-19-33)24-36(38)32-10-6-3-7-11-32/h2-25H,26H2,1H3. The van der Waals surface area contributed by atoms with Crippen LogP contribution in [0.4, 0.5) is 0 Å². The van der Waals surface area contributed by atoms with Crippen LogP contribution in [0.15, 0.2) is 146 Å². The van der Waals surface area contributed by atoms with Crippen LogP contribution in [0.25, 0.3) is 55.6 Å². The topological polar surface area (TPSA) is 0 Å². The highest BCUT2D eigenvalue weighted by molar-refractivity contribution is 14.1. The third kappa shape index (κ3) is 5.46. The first-order valence-corrected chi connectivity index (χ1v) is 14.8. The van der Waals surface area contributed by atoms with E-state index in [-0.39, 0.29) is 0 Å². The zero-order chi connectivity index (χ0) is 26.6. The highest BCUT2D eigenvalue weighted by Crippen LogP contribution is 2.42. The van der Waals surface area contributed by atoms with E-state index >= 15 is 0 Å². The van der Waals surface area contributed by atoms with Crippen molar-refractivity contribution in [3.05, 3.63) is 157 Å². The van der Waals surface area contributed by atoms with Gasteiger partial charge in [-0.1, -0.05) is 162 Å². The molecule has 6 aromatic rings. The van der Waals surface area contributed by atoms with Crippen molar-refractivity contribution in [2.75, 3.05) is 0 Å². The number of alkyl halides is 1. The van der Waals surface area contributed by atoms with Gasteiger partial charge in [-0.25, -0.2) is 0 Å². The van der Waals surface area contributed by atoms with Crippen molar-refractivity contribution < 1.29 is 0 Å². The maximum absolute atomic E-state index is 2.43. The minimum Gasteiger partial charge on any atom is -0.0812 e. The zero-order valence-electron chi connectivity index (χ0n) is 21.9. The lowest BCUT2D eigenvalue weighted by atomic mass is 9.85. The van der Waals surface area contributed by atoms with E-state index in [4.69, 9.17) is 0 Å². The molecule has 0 heterocycles. The van der Waals surface area contributed by atoms with Crippen LogP contribution < -0.4 is 0 Å². The Balaban J connectivity index is 1.56. The molecule has 0 atom stereocenters. The molecule has 1 heteroatoms. The van der Waals surface area contributed by atoms with E-state index in [9.17, 15) is 0 Å². The monoisotopic (exact) mass is 612 g/mol. The number of aryl methyl sites for hydroxylation is 1. The molecule has 6 aromatic carbocycles. The number of halogens is 1. The summed E-state index contributed by atoms with van der Waals surface area (Å²) in [5.74, 6) is 0. The largest absolute Gasteiger partial charge is 0.0812 e. The molecule has 0 unspecified atom stereocenters. The van der Waals surface area contributed by atoms with E-state index in [0.717, 1.165) is 4.43 Å². The van der Waals surface area contributed by atoms with Gasteiger partial charge in [0.1, 0.15) is 0 Å². The Morgan fingerprint density at radius 3 is 1.13 bits per heavy atom. The summed E-state index contributed by atoms with van der Waals surface area (Å²) in [5, 5.41) is 0. The van der Waals surface area contributed by atoms with Crippen molar-refractivity contribution in [3.63, 3.8) is 0 Å². The maximum Gasteiger partial charge on any atom is 0.0247 e. The Morgan fingerprint density at radius 2 is 0.718 bits per heavy atom. The molecule has 0 N–H and O–H groups in total. The molecule has 188 valence electrons. The fourth-order valence-electron chi connectivity index (χ4n) is 5.15. The van der Waals surface area contributed by atoms with Gasteiger partial charge >= 0.3 is 0 Å².